The van der Waals surface area contributed by atoms with Gasteiger partial charge in [0.2, 0.25) is 11.8 Å². The molecule has 0 bridgehead atoms. The van der Waals surface area contributed by atoms with Crippen LogP contribution in [0, 0.1) is 11.6 Å². The summed E-state index contributed by atoms with van der Waals surface area (Å²) in [7, 11) is 0. The smallest absolute Gasteiger partial charge is 0.232 e. The molecule has 284 valence electrons. The number of ether oxygens (including phenoxy) is 2. The number of amides is 2. The fourth-order valence-electron chi connectivity index (χ4n) is 7.85. The van der Waals surface area contributed by atoms with E-state index in [0.717, 1.165) is 22.5 Å². The van der Waals surface area contributed by atoms with E-state index in [1.54, 1.807) is 34.1 Å². The molecule has 14 heteroatoms. The van der Waals surface area contributed by atoms with E-state index in [4.69, 9.17) is 9.47 Å². The Morgan fingerprint density at radius 3 is 1.44 bits per heavy atom. The Morgan fingerprint density at radius 1 is 0.667 bits per heavy atom. The summed E-state index contributed by atoms with van der Waals surface area (Å²) in [5.74, 6) is 0.363. The number of halogens is 2. The summed E-state index contributed by atoms with van der Waals surface area (Å²) in [5, 5.41) is 0. The molecule has 2 aromatic rings. The second kappa shape index (κ2) is 16.1. The summed E-state index contributed by atoms with van der Waals surface area (Å²) in [6, 6.07) is 8.95. The summed E-state index contributed by atoms with van der Waals surface area (Å²) in [6.07, 6.45) is 4.87. The molecule has 0 unspecified atom stereocenters. The van der Waals surface area contributed by atoms with Crippen LogP contribution in [0.1, 0.15) is 50.7 Å². The van der Waals surface area contributed by atoms with Gasteiger partial charge in [-0.3, -0.25) is 19.2 Å². The maximum Gasteiger partial charge on any atom is 0.232 e. The number of morpholine rings is 2. The third kappa shape index (κ3) is 8.34. The average Bonchev–Trinajstić information content (AvgIpc) is 3.65. The van der Waals surface area contributed by atoms with Crippen LogP contribution in [0.2, 0.25) is 0 Å². The van der Waals surface area contributed by atoms with Gasteiger partial charge in [-0.15, -0.1) is 0 Å². The molecule has 2 atom stereocenters. The first kappa shape index (κ1) is 37.2. The van der Waals surface area contributed by atoms with Crippen molar-refractivity contribution in [2.75, 3.05) is 62.4 Å². The van der Waals surface area contributed by atoms with Gasteiger partial charge in [-0.05, 0) is 74.2 Å². The van der Waals surface area contributed by atoms with Crippen LogP contribution < -0.4 is 9.80 Å². The SMILES string of the molecule is C[C@@H]1Cc2cc(F)ccc2N1C(=O)CC1=NC(N2CCOCC2)=CC(=O)C1.C[C@H]1Cc2cc(F)ccc2N1C(=O)CC1=NC(N2CCOCC2)=CC(=O)C1. The fraction of sp³-hybridized carbons (Fsp3) is 0.450. The van der Waals surface area contributed by atoms with Crippen molar-refractivity contribution in [3.63, 3.8) is 0 Å². The minimum Gasteiger partial charge on any atom is -0.378 e. The molecule has 12 nitrogen and oxygen atoms in total. The molecule has 0 aromatic heterocycles. The van der Waals surface area contributed by atoms with Crippen LogP contribution >= 0.6 is 0 Å². The molecule has 0 N–H and O–H groups in total. The standard InChI is InChI=1S/2C20H22FN3O3/c2*1-13-8-14-9-15(21)2-3-18(14)24(13)20(26)11-16-10-17(25)12-19(22-16)23-4-6-27-7-5-23/h2*2-3,9,12-13H,4-8,10-11H2,1H3/t2*13-/m10/s1. The number of anilines is 2. The largest absolute Gasteiger partial charge is 0.378 e. The highest BCUT2D eigenvalue weighted by atomic mass is 19.1. The molecule has 2 amide bonds. The van der Waals surface area contributed by atoms with E-state index in [0.29, 0.717) is 88.5 Å². The van der Waals surface area contributed by atoms with Gasteiger partial charge in [0, 0.05) is 86.1 Å². The lowest BCUT2D eigenvalue weighted by Gasteiger charge is -2.30. The van der Waals surface area contributed by atoms with Crippen molar-refractivity contribution in [2.24, 2.45) is 9.98 Å². The van der Waals surface area contributed by atoms with Crippen LogP contribution in [0.25, 0.3) is 0 Å². The van der Waals surface area contributed by atoms with Crippen molar-refractivity contribution in [3.05, 3.63) is 83.0 Å². The Labute approximate surface area is 312 Å². The van der Waals surface area contributed by atoms with Gasteiger partial charge in [0.25, 0.3) is 0 Å². The molecule has 0 aliphatic carbocycles. The van der Waals surface area contributed by atoms with E-state index in [2.05, 4.69) is 9.98 Å². The number of fused-ring (bicyclic) bond motifs is 2. The van der Waals surface area contributed by atoms with Crippen LogP contribution in [0.15, 0.2) is 70.2 Å². The second-order valence-corrected chi connectivity index (χ2v) is 14.4. The molecule has 8 rings (SSSR count). The third-order valence-electron chi connectivity index (χ3n) is 10.3. The van der Waals surface area contributed by atoms with Crippen molar-refractivity contribution in [1.82, 2.24) is 9.80 Å². The van der Waals surface area contributed by atoms with E-state index in [-0.39, 0.29) is 72.8 Å². The molecule has 2 aromatic carbocycles. The quantitative estimate of drug-likeness (QED) is 0.433. The Morgan fingerprint density at radius 2 is 1.06 bits per heavy atom. The zero-order chi connectivity index (χ0) is 37.9. The van der Waals surface area contributed by atoms with Crippen molar-refractivity contribution in [3.8, 4) is 0 Å². The zero-order valence-electron chi connectivity index (χ0n) is 30.6. The minimum absolute atomic E-state index is 0.0359. The molecule has 6 aliphatic heterocycles. The Bertz CT molecular complexity index is 1830. The van der Waals surface area contributed by atoms with Crippen molar-refractivity contribution >= 4 is 46.2 Å². The number of hydrogen-bond acceptors (Lipinski definition) is 10. The lowest BCUT2D eigenvalue weighted by molar-refractivity contribution is -0.118. The van der Waals surface area contributed by atoms with Crippen LogP contribution in [0.3, 0.4) is 0 Å². The molecule has 0 spiro atoms. The second-order valence-electron chi connectivity index (χ2n) is 14.4. The van der Waals surface area contributed by atoms with Gasteiger partial charge in [0.1, 0.15) is 23.3 Å². The van der Waals surface area contributed by atoms with E-state index in [9.17, 15) is 28.0 Å². The Kier molecular flexibility index (Phi) is 11.1. The number of carbonyl (C=O) groups excluding carboxylic acids is 4. The predicted molar refractivity (Wildman–Crippen MR) is 198 cm³/mol. The lowest BCUT2D eigenvalue weighted by atomic mass is 10.1. The number of aliphatic imine (C=N–C) groups is 2. The van der Waals surface area contributed by atoms with Crippen LogP contribution in [0.5, 0.6) is 0 Å². The Balaban J connectivity index is 0.000000167. The van der Waals surface area contributed by atoms with Gasteiger partial charge in [-0.25, -0.2) is 18.8 Å². The zero-order valence-corrected chi connectivity index (χ0v) is 30.6. The Hall–Kier alpha value is -5.08. The number of nitrogens with zero attached hydrogens (tertiary/aromatic N) is 6. The summed E-state index contributed by atoms with van der Waals surface area (Å²) in [6.45, 7) is 9.06. The summed E-state index contributed by atoms with van der Waals surface area (Å²) in [4.78, 5) is 66.8. The highest BCUT2D eigenvalue weighted by Gasteiger charge is 2.34. The van der Waals surface area contributed by atoms with Gasteiger partial charge < -0.3 is 29.1 Å². The molecule has 6 aliphatic rings. The normalized spacial score (nSPS) is 22.4. The van der Waals surface area contributed by atoms with Crippen molar-refractivity contribution in [1.29, 1.82) is 0 Å². The number of allylic oxidation sites excluding steroid dienone is 2. The molecular weight excluding hydrogens is 698 g/mol. The first-order chi connectivity index (χ1) is 26.0. The van der Waals surface area contributed by atoms with E-state index < -0.39 is 0 Å². The average molecular weight is 743 g/mol. The number of ketones is 2. The van der Waals surface area contributed by atoms with Crippen LogP contribution in [0.4, 0.5) is 20.2 Å². The van der Waals surface area contributed by atoms with E-state index in [1.165, 1.54) is 24.3 Å². The number of rotatable bonds is 6. The molecule has 6 heterocycles. The maximum absolute atomic E-state index is 13.5. The summed E-state index contributed by atoms with van der Waals surface area (Å²) < 4.78 is 37.6. The number of hydrogen-bond donors (Lipinski definition) is 0. The topological polar surface area (TPSA) is 124 Å². The van der Waals surface area contributed by atoms with Crippen molar-refractivity contribution < 1.29 is 37.4 Å². The van der Waals surface area contributed by atoms with Gasteiger partial charge in [-0.2, -0.15) is 0 Å². The van der Waals surface area contributed by atoms with Gasteiger partial charge >= 0.3 is 0 Å². The highest BCUT2D eigenvalue weighted by Crippen LogP contribution is 2.35. The monoisotopic (exact) mass is 742 g/mol. The minimum atomic E-state index is -0.294. The molecule has 0 radical (unpaired) electrons. The molecule has 54 heavy (non-hydrogen) atoms. The van der Waals surface area contributed by atoms with Gasteiger partial charge in [-0.1, -0.05) is 0 Å². The first-order valence-corrected chi connectivity index (χ1v) is 18.5. The van der Waals surface area contributed by atoms with E-state index >= 15 is 0 Å². The summed E-state index contributed by atoms with van der Waals surface area (Å²) in [5.41, 5.74) is 4.34. The summed E-state index contributed by atoms with van der Waals surface area (Å²) >= 11 is 0. The van der Waals surface area contributed by atoms with Gasteiger partial charge in [0.05, 0.1) is 39.3 Å². The number of benzene rings is 2. The van der Waals surface area contributed by atoms with Crippen molar-refractivity contribution in [2.45, 2.75) is 64.5 Å². The molecule has 2 fully saturated rings. The lowest BCUT2D eigenvalue weighted by Crippen LogP contribution is -2.38. The fourth-order valence-corrected chi connectivity index (χ4v) is 7.85. The van der Waals surface area contributed by atoms with E-state index in [1.807, 2.05) is 23.6 Å². The molecular formula is C40H44F2N6O6. The number of carbonyl (C=O) groups is 4. The maximum atomic E-state index is 13.5. The predicted octanol–water partition coefficient (Wildman–Crippen LogP) is 4.16. The first-order valence-electron chi connectivity index (χ1n) is 18.5. The molecule has 0 saturated carbocycles. The third-order valence-corrected chi connectivity index (χ3v) is 10.3. The van der Waals surface area contributed by atoms with Crippen LogP contribution in [-0.4, -0.2) is 109 Å². The van der Waals surface area contributed by atoms with Crippen LogP contribution in [-0.2, 0) is 41.5 Å². The highest BCUT2D eigenvalue weighted by molar-refractivity contribution is 6.17. The molecule has 2 saturated heterocycles. The van der Waals surface area contributed by atoms with Gasteiger partial charge in [0.15, 0.2) is 11.6 Å².